The predicted octanol–water partition coefficient (Wildman–Crippen LogP) is 1.76. The molecule has 2 aromatic heterocycles. The minimum Gasteiger partial charge on any atom is -0.465 e. The number of methoxy groups -OCH3 is 1. The van der Waals surface area contributed by atoms with E-state index in [1.54, 1.807) is 10.7 Å². The molecule has 7 nitrogen and oxygen atoms in total. The number of esters is 1. The second-order valence-electron chi connectivity index (χ2n) is 6.65. The molecule has 0 radical (unpaired) electrons. The Morgan fingerprint density at radius 2 is 2.08 bits per heavy atom. The van der Waals surface area contributed by atoms with E-state index in [0.29, 0.717) is 34.6 Å². The van der Waals surface area contributed by atoms with Crippen LogP contribution in [0.5, 0.6) is 0 Å². The Kier molecular flexibility index (Phi) is 3.42. The number of carbonyl (C=O) groups is 1. The molecule has 8 heteroatoms. The number of sulfone groups is 1. The Morgan fingerprint density at radius 1 is 1.33 bits per heavy atom. The Labute approximate surface area is 139 Å². The molecule has 0 bridgehead atoms. The maximum Gasteiger partial charge on any atom is 0.338 e. The fourth-order valence-electron chi connectivity index (χ4n) is 3.41. The molecule has 0 aromatic carbocycles. The van der Waals surface area contributed by atoms with E-state index >= 15 is 0 Å². The van der Waals surface area contributed by atoms with Gasteiger partial charge < -0.3 is 4.74 Å². The zero-order chi connectivity index (χ0) is 17.1. The van der Waals surface area contributed by atoms with E-state index < -0.39 is 15.8 Å². The lowest BCUT2D eigenvalue weighted by Crippen LogP contribution is -2.13. The number of hydrogen-bond acceptors (Lipinski definition) is 6. The van der Waals surface area contributed by atoms with Crippen molar-refractivity contribution in [3.8, 4) is 0 Å². The number of rotatable bonds is 3. The van der Waals surface area contributed by atoms with Crippen LogP contribution in [0, 0.1) is 6.92 Å². The van der Waals surface area contributed by atoms with Crippen LogP contribution in [0.3, 0.4) is 0 Å². The number of hydrogen-bond donors (Lipinski definition) is 0. The first kappa shape index (κ1) is 15.6. The summed E-state index contributed by atoms with van der Waals surface area (Å²) >= 11 is 0. The zero-order valence-corrected chi connectivity index (χ0v) is 14.5. The van der Waals surface area contributed by atoms with Crippen LogP contribution >= 0.6 is 0 Å². The van der Waals surface area contributed by atoms with Crippen LogP contribution in [-0.4, -0.2) is 47.8 Å². The highest BCUT2D eigenvalue weighted by Gasteiger charge is 2.34. The molecule has 1 aliphatic carbocycles. The van der Waals surface area contributed by atoms with Crippen molar-refractivity contribution in [1.82, 2.24) is 14.8 Å². The van der Waals surface area contributed by atoms with Gasteiger partial charge in [-0.05, 0) is 32.3 Å². The number of pyridine rings is 1. The molecular weight excluding hydrogens is 330 g/mol. The maximum absolute atomic E-state index is 12.2. The molecule has 0 unspecified atom stereocenters. The molecule has 2 aliphatic rings. The summed E-state index contributed by atoms with van der Waals surface area (Å²) in [4.78, 5) is 17.0. The van der Waals surface area contributed by atoms with Crippen molar-refractivity contribution in [2.45, 2.75) is 38.1 Å². The normalized spacial score (nSPS) is 22.8. The van der Waals surface area contributed by atoms with E-state index in [1.807, 2.05) is 6.92 Å². The minimum absolute atomic E-state index is 0.0755. The molecule has 1 atom stereocenters. The van der Waals surface area contributed by atoms with Gasteiger partial charge in [0, 0.05) is 11.6 Å². The lowest BCUT2D eigenvalue weighted by Gasteiger charge is -2.11. The molecule has 0 N–H and O–H groups in total. The monoisotopic (exact) mass is 349 g/mol. The van der Waals surface area contributed by atoms with Gasteiger partial charge >= 0.3 is 5.97 Å². The second-order valence-corrected chi connectivity index (χ2v) is 8.87. The third-order valence-electron chi connectivity index (χ3n) is 4.81. The Balaban J connectivity index is 1.93. The molecule has 1 saturated carbocycles. The molecule has 2 aromatic rings. The summed E-state index contributed by atoms with van der Waals surface area (Å²) in [6.45, 7) is 1.81. The highest BCUT2D eigenvalue weighted by atomic mass is 32.2. The first-order chi connectivity index (χ1) is 11.4. The number of aromatic nitrogens is 3. The quantitative estimate of drug-likeness (QED) is 0.784. The van der Waals surface area contributed by atoms with Crippen molar-refractivity contribution in [3.63, 3.8) is 0 Å². The Hall–Kier alpha value is -1.96. The number of fused-ring (bicyclic) bond motifs is 1. The van der Waals surface area contributed by atoms with Gasteiger partial charge in [-0.15, -0.1) is 0 Å². The number of aryl methyl sites for hydroxylation is 1. The summed E-state index contributed by atoms with van der Waals surface area (Å²) < 4.78 is 30.3. The predicted molar refractivity (Wildman–Crippen MR) is 87.9 cm³/mol. The average Bonchev–Trinajstić information content (AvgIpc) is 3.27. The highest BCUT2D eigenvalue weighted by Crippen LogP contribution is 2.41. The summed E-state index contributed by atoms with van der Waals surface area (Å²) in [5.74, 6) is 0.205. The van der Waals surface area contributed by atoms with Crippen LogP contribution in [-0.2, 0) is 14.6 Å². The van der Waals surface area contributed by atoms with Crippen molar-refractivity contribution in [2.24, 2.45) is 0 Å². The van der Waals surface area contributed by atoms with Gasteiger partial charge in [-0.1, -0.05) is 0 Å². The van der Waals surface area contributed by atoms with Crippen LogP contribution < -0.4 is 0 Å². The fourth-order valence-corrected chi connectivity index (χ4v) is 5.11. The molecule has 0 amide bonds. The van der Waals surface area contributed by atoms with Crippen LogP contribution in [0.1, 0.15) is 53.0 Å². The smallest absolute Gasteiger partial charge is 0.338 e. The summed E-state index contributed by atoms with van der Waals surface area (Å²) in [6.07, 6.45) is 2.65. The van der Waals surface area contributed by atoms with Gasteiger partial charge in [0.1, 0.15) is 0 Å². The first-order valence-corrected chi connectivity index (χ1v) is 9.90. The molecule has 1 saturated heterocycles. The summed E-state index contributed by atoms with van der Waals surface area (Å²) in [7, 11) is -1.67. The van der Waals surface area contributed by atoms with E-state index in [2.05, 4.69) is 5.10 Å². The van der Waals surface area contributed by atoms with Gasteiger partial charge in [-0.25, -0.2) is 22.9 Å². The van der Waals surface area contributed by atoms with Gasteiger partial charge in [0.15, 0.2) is 15.5 Å². The van der Waals surface area contributed by atoms with Gasteiger partial charge in [0.05, 0.1) is 41.3 Å². The van der Waals surface area contributed by atoms with Crippen LogP contribution in [0.25, 0.3) is 11.0 Å². The molecule has 3 heterocycles. The maximum atomic E-state index is 12.2. The van der Waals surface area contributed by atoms with E-state index in [4.69, 9.17) is 9.72 Å². The number of carbonyl (C=O) groups excluding carboxylic acids is 1. The second kappa shape index (κ2) is 5.27. The first-order valence-electron chi connectivity index (χ1n) is 8.08. The van der Waals surface area contributed by atoms with Crippen molar-refractivity contribution in [1.29, 1.82) is 0 Å². The number of ether oxygens (including phenoxy) is 1. The van der Waals surface area contributed by atoms with Gasteiger partial charge in [0.25, 0.3) is 0 Å². The number of nitrogens with zero attached hydrogens (tertiary/aromatic N) is 3. The van der Waals surface area contributed by atoms with Crippen molar-refractivity contribution >= 4 is 26.8 Å². The molecular formula is C16H19N3O4S. The Bertz CT molecular complexity index is 944. The lowest BCUT2D eigenvalue weighted by atomic mass is 10.1. The van der Waals surface area contributed by atoms with Gasteiger partial charge in [0.2, 0.25) is 0 Å². The Morgan fingerprint density at radius 3 is 2.67 bits per heavy atom. The van der Waals surface area contributed by atoms with Crippen molar-refractivity contribution in [2.75, 3.05) is 18.6 Å². The average molecular weight is 349 g/mol. The molecule has 4 rings (SSSR count). The largest absolute Gasteiger partial charge is 0.465 e. The SMILES string of the molecule is COC(=O)c1cc(C2CC2)nc2c1c(C)nn2[C@H]1CCS(=O)(=O)C1. The van der Waals surface area contributed by atoms with Crippen LogP contribution in [0.2, 0.25) is 0 Å². The summed E-state index contributed by atoms with van der Waals surface area (Å²) in [6, 6.07) is 1.58. The molecule has 2 fully saturated rings. The fraction of sp³-hybridized carbons (Fsp3) is 0.562. The van der Waals surface area contributed by atoms with Crippen molar-refractivity contribution in [3.05, 3.63) is 23.0 Å². The third kappa shape index (κ3) is 2.49. The molecule has 0 spiro atoms. The minimum atomic E-state index is -3.03. The molecule has 24 heavy (non-hydrogen) atoms. The molecule has 128 valence electrons. The topological polar surface area (TPSA) is 91.2 Å². The lowest BCUT2D eigenvalue weighted by molar-refractivity contribution is 0.0602. The van der Waals surface area contributed by atoms with E-state index in [0.717, 1.165) is 18.5 Å². The third-order valence-corrected chi connectivity index (χ3v) is 6.56. The van der Waals surface area contributed by atoms with Crippen LogP contribution in [0.4, 0.5) is 0 Å². The highest BCUT2D eigenvalue weighted by molar-refractivity contribution is 7.91. The summed E-state index contributed by atoms with van der Waals surface area (Å²) in [5, 5.41) is 5.18. The van der Waals surface area contributed by atoms with Gasteiger partial charge in [-0.3, -0.25) is 0 Å². The van der Waals surface area contributed by atoms with Gasteiger partial charge in [-0.2, -0.15) is 5.10 Å². The van der Waals surface area contributed by atoms with Crippen molar-refractivity contribution < 1.29 is 17.9 Å². The van der Waals surface area contributed by atoms with Crippen LogP contribution in [0.15, 0.2) is 6.07 Å². The molecule has 1 aliphatic heterocycles. The zero-order valence-electron chi connectivity index (χ0n) is 13.7. The van der Waals surface area contributed by atoms with E-state index in [9.17, 15) is 13.2 Å². The standard InChI is InChI=1S/C16H19N3O4S/c1-9-14-12(16(20)23-2)7-13(10-3-4-10)17-15(14)19(18-9)11-5-6-24(21,22)8-11/h7,10-11H,3-6,8H2,1-2H3/t11-/m0/s1. The summed E-state index contributed by atoms with van der Waals surface area (Å²) in [5.41, 5.74) is 2.60. The van der Waals surface area contributed by atoms with E-state index in [1.165, 1.54) is 7.11 Å². The van der Waals surface area contributed by atoms with E-state index in [-0.39, 0.29) is 17.5 Å².